The van der Waals surface area contributed by atoms with Gasteiger partial charge in [-0.05, 0) is 49.5 Å². The number of nitrogens with one attached hydrogen (secondary N) is 4. The maximum Gasteiger partial charge on any atom is 0.407 e. The highest BCUT2D eigenvalue weighted by atomic mass is 16.5. The second-order valence-electron chi connectivity index (χ2n) is 14.6. The Balaban J connectivity index is 1.76. The summed E-state index contributed by atoms with van der Waals surface area (Å²) in [5, 5.41) is 40.8. The molecule has 2 aliphatic rings. The summed E-state index contributed by atoms with van der Waals surface area (Å²) in [5.74, 6) is -5.20. The fraction of sp³-hybridized carbons (Fsp3) is 0.658. The van der Waals surface area contributed by atoms with Crippen LogP contribution in [0.2, 0.25) is 0 Å². The number of hydrogen-bond donors (Lipinski definition) is 9. The number of amides is 4. The van der Waals surface area contributed by atoms with Crippen molar-refractivity contribution in [2.24, 2.45) is 28.3 Å². The lowest BCUT2D eigenvalue weighted by atomic mass is 9.83. The molecule has 55 heavy (non-hydrogen) atoms. The monoisotopic (exact) mass is 773 g/mol. The summed E-state index contributed by atoms with van der Waals surface area (Å²) in [6.45, 7) is 0.0433. The zero-order valence-corrected chi connectivity index (χ0v) is 31.5. The van der Waals surface area contributed by atoms with Crippen molar-refractivity contribution < 1.29 is 48.8 Å². The van der Waals surface area contributed by atoms with Gasteiger partial charge in [0, 0.05) is 13.0 Å². The van der Waals surface area contributed by atoms with E-state index in [0.717, 1.165) is 69.8 Å². The van der Waals surface area contributed by atoms with Crippen LogP contribution in [0, 0.1) is 11.8 Å². The van der Waals surface area contributed by atoms with Gasteiger partial charge in [0.25, 0.3) is 5.91 Å². The van der Waals surface area contributed by atoms with Gasteiger partial charge in [-0.3, -0.25) is 24.2 Å². The average molecular weight is 774 g/mol. The minimum Gasteiger partial charge on any atom is -0.481 e. The number of nitrogens with zero attached hydrogens (tertiary/aromatic N) is 1. The number of rotatable bonds is 22. The highest BCUT2D eigenvalue weighted by Crippen LogP contribution is 2.29. The van der Waals surface area contributed by atoms with Gasteiger partial charge in [0.1, 0.15) is 24.7 Å². The number of carboxylic acids is 2. The smallest absolute Gasteiger partial charge is 0.407 e. The number of hydrogen-bond acceptors (Lipinski definition) is 9. The molecule has 0 spiro atoms. The molecular formula is C38H59N7O10. The first-order valence-corrected chi connectivity index (χ1v) is 19.4. The van der Waals surface area contributed by atoms with Crippen molar-refractivity contribution >= 4 is 41.7 Å². The molecule has 0 aliphatic heterocycles. The first-order chi connectivity index (χ1) is 26.3. The number of nitrogens with two attached hydrogens (primary N) is 2. The molecule has 2 aliphatic carbocycles. The average Bonchev–Trinajstić information content (AvgIpc) is 3.16. The van der Waals surface area contributed by atoms with E-state index in [9.17, 15) is 44.1 Å². The van der Waals surface area contributed by atoms with Gasteiger partial charge in [-0.25, -0.2) is 9.59 Å². The topological polar surface area (TPSA) is 285 Å². The molecule has 3 rings (SSSR count). The van der Waals surface area contributed by atoms with Gasteiger partial charge in [-0.1, -0.05) is 94.5 Å². The van der Waals surface area contributed by atoms with Crippen molar-refractivity contribution in [1.29, 1.82) is 0 Å². The lowest BCUT2D eigenvalue weighted by Crippen LogP contribution is -2.58. The second-order valence-corrected chi connectivity index (χ2v) is 14.6. The van der Waals surface area contributed by atoms with Crippen LogP contribution >= 0.6 is 0 Å². The van der Waals surface area contributed by atoms with E-state index in [2.05, 4.69) is 26.3 Å². The lowest BCUT2D eigenvalue weighted by molar-refractivity contribution is -0.143. The molecular weight excluding hydrogens is 714 g/mol. The van der Waals surface area contributed by atoms with E-state index >= 15 is 0 Å². The zero-order chi connectivity index (χ0) is 40.2. The molecule has 0 saturated heterocycles. The maximum absolute atomic E-state index is 13.8. The van der Waals surface area contributed by atoms with Gasteiger partial charge in [-0.2, -0.15) is 0 Å². The van der Waals surface area contributed by atoms with Gasteiger partial charge in [0.2, 0.25) is 11.8 Å². The lowest BCUT2D eigenvalue weighted by Gasteiger charge is -2.30. The zero-order valence-electron chi connectivity index (χ0n) is 31.5. The third-order valence-corrected chi connectivity index (χ3v) is 10.2. The summed E-state index contributed by atoms with van der Waals surface area (Å²) < 4.78 is 5.37. The van der Waals surface area contributed by atoms with Crippen LogP contribution in [0.25, 0.3) is 0 Å². The number of carboxylic acid groups (broad SMARTS) is 2. The summed E-state index contributed by atoms with van der Waals surface area (Å²) >= 11 is 0. The Hall–Kier alpha value is -4.93. The molecule has 0 heterocycles. The van der Waals surface area contributed by atoms with Gasteiger partial charge in [0.15, 0.2) is 12.1 Å². The van der Waals surface area contributed by atoms with Crippen LogP contribution in [0.15, 0.2) is 35.3 Å². The maximum atomic E-state index is 13.8. The predicted octanol–water partition coefficient (Wildman–Crippen LogP) is 2.04. The largest absolute Gasteiger partial charge is 0.481 e. The van der Waals surface area contributed by atoms with Crippen LogP contribution in [0.4, 0.5) is 4.79 Å². The Morgan fingerprint density at radius 3 is 1.84 bits per heavy atom. The molecule has 17 nitrogen and oxygen atoms in total. The predicted molar refractivity (Wildman–Crippen MR) is 202 cm³/mol. The number of aliphatic carboxylic acids is 2. The number of aliphatic imine (C=N–C) groups is 1. The quantitative estimate of drug-likeness (QED) is 0.0465. The molecule has 2 saturated carbocycles. The van der Waals surface area contributed by atoms with Crippen molar-refractivity contribution in [3.63, 3.8) is 0 Å². The highest BCUT2D eigenvalue weighted by Gasteiger charge is 2.35. The number of carbonyl (C=O) groups excluding carboxylic acids is 4. The van der Waals surface area contributed by atoms with E-state index in [1.165, 1.54) is 0 Å². The van der Waals surface area contributed by atoms with E-state index in [1.807, 2.05) is 6.07 Å². The highest BCUT2D eigenvalue weighted by molar-refractivity contribution is 5.94. The Labute approximate surface area is 321 Å². The first kappa shape index (κ1) is 44.5. The normalized spacial score (nSPS) is 17.6. The van der Waals surface area contributed by atoms with Gasteiger partial charge in [-0.15, -0.1) is 0 Å². The van der Waals surface area contributed by atoms with E-state index < -0.39 is 72.4 Å². The molecule has 2 fully saturated rings. The van der Waals surface area contributed by atoms with Crippen molar-refractivity contribution in [2.45, 2.75) is 140 Å². The molecule has 5 unspecified atom stereocenters. The molecule has 306 valence electrons. The first-order valence-electron chi connectivity index (χ1n) is 19.4. The fourth-order valence-corrected chi connectivity index (χ4v) is 7.24. The fourth-order valence-electron chi connectivity index (χ4n) is 7.24. The van der Waals surface area contributed by atoms with E-state index in [1.54, 1.807) is 24.3 Å². The van der Waals surface area contributed by atoms with Crippen molar-refractivity contribution in [2.75, 3.05) is 6.54 Å². The number of benzene rings is 1. The Morgan fingerprint density at radius 1 is 0.727 bits per heavy atom. The molecule has 1 aromatic rings. The molecule has 17 heteroatoms. The summed E-state index contributed by atoms with van der Waals surface area (Å²) in [6, 6.07) is 3.84. The minimum atomic E-state index is -1.80. The molecule has 0 radical (unpaired) electrons. The van der Waals surface area contributed by atoms with Crippen molar-refractivity contribution in [3.8, 4) is 0 Å². The third kappa shape index (κ3) is 17.0. The van der Waals surface area contributed by atoms with Crippen molar-refractivity contribution in [1.82, 2.24) is 21.3 Å². The summed E-state index contributed by atoms with van der Waals surface area (Å²) in [4.78, 5) is 81.3. The van der Waals surface area contributed by atoms with E-state index in [4.69, 9.17) is 16.2 Å². The SMILES string of the molecule is NC(N)=NCCCC(NC(=O)C(O)C(CC1CCCCC1)NC(=O)OCc1ccccc1)C(=O)NC(CCC(=O)O)C(=O)NC(CC1CCCCC1)C(=O)O. The van der Waals surface area contributed by atoms with E-state index in [0.29, 0.717) is 0 Å². The van der Waals surface area contributed by atoms with Crippen LogP contribution in [-0.4, -0.2) is 93.8 Å². The Bertz CT molecular complexity index is 1430. The molecule has 4 amide bonds. The van der Waals surface area contributed by atoms with Crippen LogP contribution in [0.5, 0.6) is 0 Å². The van der Waals surface area contributed by atoms with Crippen LogP contribution < -0.4 is 32.7 Å². The number of carbonyl (C=O) groups is 6. The summed E-state index contributed by atoms with van der Waals surface area (Å²) in [6.07, 6.45) is 6.42. The minimum absolute atomic E-state index is 0.0342. The summed E-state index contributed by atoms with van der Waals surface area (Å²) in [5.41, 5.74) is 11.6. The van der Waals surface area contributed by atoms with Crippen LogP contribution in [-0.2, 0) is 35.3 Å². The van der Waals surface area contributed by atoms with Gasteiger partial charge in [0.05, 0.1) is 6.04 Å². The number of alkyl carbamates (subject to hydrolysis) is 1. The van der Waals surface area contributed by atoms with Crippen molar-refractivity contribution in [3.05, 3.63) is 35.9 Å². The Kier molecular flexibility index (Phi) is 19.2. The molecule has 0 bridgehead atoms. The third-order valence-electron chi connectivity index (χ3n) is 10.2. The molecule has 1 aromatic carbocycles. The number of aliphatic hydroxyl groups excluding tert-OH is 1. The molecule has 11 N–H and O–H groups in total. The van der Waals surface area contributed by atoms with E-state index in [-0.39, 0.29) is 63.1 Å². The number of aliphatic hydroxyl groups is 1. The number of guanidine groups is 1. The summed E-state index contributed by atoms with van der Waals surface area (Å²) in [7, 11) is 0. The number of ether oxygens (including phenoxy) is 1. The molecule has 5 atom stereocenters. The van der Waals surface area contributed by atoms with Gasteiger partial charge >= 0.3 is 18.0 Å². The van der Waals surface area contributed by atoms with Crippen LogP contribution in [0.1, 0.15) is 108 Å². The standard InChI is InChI=1S/C38H59N7O10/c39-37(40)41-20-10-17-27(33(49)42-28(18-19-31(46)47)34(50)44-30(36(52)53)22-25-13-6-2-7-14-25)43-35(51)32(48)29(21-24-11-4-1-5-12-24)45-38(54)55-23-26-15-8-3-9-16-26/h3,8-9,15-16,24-25,27-30,32,48H,1-2,4-7,10-14,17-23H2,(H,42,49)(H,43,51)(H,44,50)(H,45,54)(H,46,47)(H,52,53)(H4,39,40,41). The van der Waals surface area contributed by atoms with Gasteiger partial charge < -0.3 is 52.8 Å². The second kappa shape index (κ2) is 23.8. The molecule has 0 aromatic heterocycles. The van der Waals surface area contributed by atoms with Crippen LogP contribution in [0.3, 0.4) is 0 Å². The Morgan fingerprint density at radius 2 is 1.27 bits per heavy atom.